The van der Waals surface area contributed by atoms with Gasteiger partial charge in [-0.2, -0.15) is 10.4 Å². The lowest BCUT2D eigenvalue weighted by Crippen LogP contribution is -2.44. The van der Waals surface area contributed by atoms with Crippen LogP contribution in [-0.4, -0.2) is 32.7 Å². The van der Waals surface area contributed by atoms with Gasteiger partial charge in [-0.3, -0.25) is 4.98 Å². The Morgan fingerprint density at radius 1 is 1.15 bits per heavy atom. The van der Waals surface area contributed by atoms with Gasteiger partial charge in [0.1, 0.15) is 17.4 Å². The number of nitrogens with zero attached hydrogens (tertiary/aromatic N) is 6. The maximum atomic E-state index is 15.0. The van der Waals surface area contributed by atoms with Crippen molar-refractivity contribution in [3.05, 3.63) is 77.1 Å². The molecule has 170 valence electrons. The van der Waals surface area contributed by atoms with Crippen molar-refractivity contribution in [1.82, 2.24) is 19.6 Å². The molecule has 4 heterocycles. The number of anilines is 1. The standard InChI is InChI=1S/C26H24FN7/c1-16-23(19-5-2-4-17(15-28)22(19)27)34-21(7-11-31-34)25(32-16)33-12-8-26(9-13-33)14-20-18(24(26)29)6-3-10-30-20/h2-7,10-11,24H,8-9,12-14,29H2,1H3/t24-/m1/s1. The molecule has 1 fully saturated rings. The van der Waals surface area contributed by atoms with Gasteiger partial charge in [-0.15, -0.1) is 0 Å². The lowest BCUT2D eigenvalue weighted by Gasteiger charge is -2.42. The van der Waals surface area contributed by atoms with Crippen LogP contribution in [0, 0.1) is 29.5 Å². The molecule has 0 unspecified atom stereocenters. The first-order valence-electron chi connectivity index (χ1n) is 11.5. The van der Waals surface area contributed by atoms with E-state index in [4.69, 9.17) is 10.7 Å². The van der Waals surface area contributed by atoms with Crippen LogP contribution in [-0.2, 0) is 6.42 Å². The van der Waals surface area contributed by atoms with E-state index in [0.717, 1.165) is 49.4 Å². The SMILES string of the molecule is Cc1nc(N2CCC3(CC2)Cc2ncccc2[C@H]3N)c2ccnn2c1-c1cccc(C#N)c1F. The van der Waals surface area contributed by atoms with Gasteiger partial charge >= 0.3 is 0 Å². The van der Waals surface area contributed by atoms with Crippen molar-refractivity contribution < 1.29 is 4.39 Å². The second-order valence-corrected chi connectivity index (χ2v) is 9.32. The van der Waals surface area contributed by atoms with Crippen LogP contribution < -0.4 is 10.6 Å². The van der Waals surface area contributed by atoms with E-state index < -0.39 is 5.82 Å². The lowest BCUT2D eigenvalue weighted by atomic mass is 9.73. The highest BCUT2D eigenvalue weighted by atomic mass is 19.1. The number of aromatic nitrogens is 4. The van der Waals surface area contributed by atoms with Gasteiger partial charge < -0.3 is 10.6 Å². The Bertz CT molecular complexity index is 1460. The minimum atomic E-state index is -0.553. The highest BCUT2D eigenvalue weighted by Crippen LogP contribution is 2.50. The molecule has 1 aliphatic carbocycles. The predicted molar refractivity (Wildman–Crippen MR) is 127 cm³/mol. The fourth-order valence-electron chi connectivity index (χ4n) is 5.72. The summed E-state index contributed by atoms with van der Waals surface area (Å²) in [4.78, 5) is 11.8. The van der Waals surface area contributed by atoms with Gasteiger partial charge in [0, 0.05) is 36.6 Å². The van der Waals surface area contributed by atoms with E-state index >= 15 is 4.39 Å². The molecule has 0 amide bonds. The molecule has 6 rings (SSSR count). The molecular formula is C26H24FN7. The molecule has 1 aliphatic heterocycles. The van der Waals surface area contributed by atoms with E-state index in [-0.39, 0.29) is 17.0 Å². The Hall–Kier alpha value is -3.83. The smallest absolute Gasteiger partial charge is 0.155 e. The lowest BCUT2D eigenvalue weighted by molar-refractivity contribution is 0.187. The quantitative estimate of drug-likeness (QED) is 0.494. The van der Waals surface area contributed by atoms with E-state index in [9.17, 15) is 5.26 Å². The second-order valence-electron chi connectivity index (χ2n) is 9.32. The van der Waals surface area contributed by atoms with Gasteiger partial charge in [0.25, 0.3) is 0 Å². The van der Waals surface area contributed by atoms with Crippen LogP contribution in [0.5, 0.6) is 0 Å². The normalized spacial score (nSPS) is 18.9. The average Bonchev–Trinajstić information content (AvgIpc) is 3.44. The molecule has 1 atom stereocenters. The summed E-state index contributed by atoms with van der Waals surface area (Å²) in [6, 6.07) is 12.7. The minimum Gasteiger partial charge on any atom is -0.355 e. The van der Waals surface area contributed by atoms with E-state index in [1.165, 1.54) is 11.6 Å². The first-order valence-corrected chi connectivity index (χ1v) is 11.5. The van der Waals surface area contributed by atoms with Crippen molar-refractivity contribution >= 4 is 11.3 Å². The summed E-state index contributed by atoms with van der Waals surface area (Å²) in [5.74, 6) is 0.287. The number of hydrogen-bond donors (Lipinski definition) is 1. The van der Waals surface area contributed by atoms with Gasteiger partial charge in [-0.1, -0.05) is 12.1 Å². The van der Waals surface area contributed by atoms with Crippen molar-refractivity contribution in [3.8, 4) is 17.3 Å². The summed E-state index contributed by atoms with van der Waals surface area (Å²) in [5, 5.41) is 13.8. The molecule has 1 spiro atoms. The zero-order valence-electron chi connectivity index (χ0n) is 18.9. The van der Waals surface area contributed by atoms with Gasteiger partial charge in [0.05, 0.1) is 23.1 Å². The molecular weight excluding hydrogens is 429 g/mol. The number of pyridine rings is 1. The van der Waals surface area contributed by atoms with Crippen molar-refractivity contribution in [3.63, 3.8) is 0 Å². The Labute approximate surface area is 196 Å². The third-order valence-electron chi connectivity index (χ3n) is 7.57. The van der Waals surface area contributed by atoms with E-state index in [2.05, 4.69) is 21.0 Å². The first kappa shape index (κ1) is 20.8. The Balaban J connectivity index is 1.35. The number of fused-ring (bicyclic) bond motifs is 2. The molecule has 0 saturated carbocycles. The number of hydrogen-bond acceptors (Lipinski definition) is 6. The van der Waals surface area contributed by atoms with Crippen LogP contribution in [0.3, 0.4) is 0 Å². The molecule has 1 saturated heterocycles. The largest absolute Gasteiger partial charge is 0.355 e. The van der Waals surface area contributed by atoms with Crippen molar-refractivity contribution in [2.75, 3.05) is 18.0 Å². The van der Waals surface area contributed by atoms with Gasteiger partial charge in [0.2, 0.25) is 0 Å². The number of piperidine rings is 1. The van der Waals surface area contributed by atoms with Crippen LogP contribution >= 0.6 is 0 Å². The Morgan fingerprint density at radius 2 is 1.97 bits per heavy atom. The Morgan fingerprint density at radius 3 is 2.74 bits per heavy atom. The monoisotopic (exact) mass is 453 g/mol. The molecule has 8 heteroatoms. The molecule has 1 aromatic carbocycles. The van der Waals surface area contributed by atoms with Crippen LogP contribution in [0.1, 0.15) is 41.4 Å². The van der Waals surface area contributed by atoms with E-state index in [0.29, 0.717) is 17.0 Å². The summed E-state index contributed by atoms with van der Waals surface area (Å²) < 4.78 is 16.8. The zero-order valence-corrected chi connectivity index (χ0v) is 18.9. The number of nitriles is 1. The van der Waals surface area contributed by atoms with E-state index in [1.807, 2.05) is 31.3 Å². The number of rotatable bonds is 2. The molecule has 2 N–H and O–H groups in total. The fraction of sp³-hybridized carbons (Fsp3) is 0.308. The van der Waals surface area contributed by atoms with Crippen molar-refractivity contribution in [2.45, 2.75) is 32.2 Å². The molecule has 2 aliphatic rings. The summed E-state index contributed by atoms with van der Waals surface area (Å²) >= 11 is 0. The zero-order chi connectivity index (χ0) is 23.4. The molecule has 4 aromatic rings. The summed E-state index contributed by atoms with van der Waals surface area (Å²) in [7, 11) is 0. The molecule has 34 heavy (non-hydrogen) atoms. The number of benzene rings is 1. The predicted octanol–water partition coefficient (Wildman–Crippen LogP) is 3.95. The average molecular weight is 454 g/mol. The second kappa shape index (κ2) is 7.61. The van der Waals surface area contributed by atoms with Gasteiger partial charge in [-0.25, -0.2) is 13.9 Å². The Kier molecular flexibility index (Phi) is 4.64. The van der Waals surface area contributed by atoms with Gasteiger partial charge in [0.15, 0.2) is 5.82 Å². The van der Waals surface area contributed by atoms with Crippen molar-refractivity contribution in [1.29, 1.82) is 5.26 Å². The summed E-state index contributed by atoms with van der Waals surface area (Å²) in [5.41, 5.74) is 11.4. The topological polar surface area (TPSA) is 96.1 Å². The van der Waals surface area contributed by atoms with Crippen molar-refractivity contribution in [2.24, 2.45) is 11.1 Å². The maximum absolute atomic E-state index is 15.0. The maximum Gasteiger partial charge on any atom is 0.155 e. The number of nitrogens with two attached hydrogens (primary N) is 1. The van der Waals surface area contributed by atoms with Gasteiger partial charge in [-0.05, 0) is 61.4 Å². The molecule has 0 radical (unpaired) electrons. The number of halogens is 1. The van der Waals surface area contributed by atoms with Crippen LogP contribution in [0.15, 0.2) is 48.8 Å². The minimum absolute atomic E-state index is 0.000734. The summed E-state index contributed by atoms with van der Waals surface area (Å²) in [6.45, 7) is 3.51. The first-order chi connectivity index (χ1) is 16.5. The van der Waals surface area contributed by atoms with Crippen LogP contribution in [0.25, 0.3) is 16.8 Å². The number of aryl methyl sites for hydroxylation is 1. The highest BCUT2D eigenvalue weighted by Gasteiger charge is 2.46. The summed E-state index contributed by atoms with van der Waals surface area (Å²) in [6.07, 6.45) is 6.37. The third kappa shape index (κ3) is 2.94. The molecule has 3 aromatic heterocycles. The molecule has 7 nitrogen and oxygen atoms in total. The van der Waals surface area contributed by atoms with Crippen LogP contribution in [0.4, 0.5) is 10.2 Å². The highest BCUT2D eigenvalue weighted by molar-refractivity contribution is 5.76. The third-order valence-corrected chi connectivity index (χ3v) is 7.57. The van der Waals surface area contributed by atoms with Crippen LogP contribution in [0.2, 0.25) is 0 Å². The fourth-order valence-corrected chi connectivity index (χ4v) is 5.72. The van der Waals surface area contributed by atoms with E-state index in [1.54, 1.807) is 22.8 Å². The molecule has 0 bridgehead atoms.